The highest BCUT2D eigenvalue weighted by Gasteiger charge is 2.05. The fourth-order valence-corrected chi connectivity index (χ4v) is 1.86. The van der Waals surface area contributed by atoms with Crippen molar-refractivity contribution in [3.05, 3.63) is 72.6 Å². The van der Waals surface area contributed by atoms with Gasteiger partial charge in [0.25, 0.3) is 0 Å². The number of ether oxygens (including phenoxy) is 1. The zero-order valence-corrected chi connectivity index (χ0v) is 11.1. The number of halogens is 1. The molecule has 3 rings (SSSR count). The van der Waals surface area contributed by atoms with E-state index in [2.05, 4.69) is 15.0 Å². The normalized spacial score (nSPS) is 10.3. The van der Waals surface area contributed by atoms with Gasteiger partial charge in [0.05, 0.1) is 11.9 Å². The van der Waals surface area contributed by atoms with Gasteiger partial charge in [0.1, 0.15) is 18.8 Å². The zero-order chi connectivity index (χ0) is 14.5. The van der Waals surface area contributed by atoms with E-state index in [-0.39, 0.29) is 0 Å². The van der Waals surface area contributed by atoms with Crippen LogP contribution < -0.4 is 4.74 Å². The van der Waals surface area contributed by atoms with Crippen molar-refractivity contribution in [1.29, 1.82) is 0 Å². The summed E-state index contributed by atoms with van der Waals surface area (Å²) in [5.41, 5.74) is 2.20. The standard InChI is InChI=1S/C16H12FN3O/c17-14-6-13(8-18-9-14)15-7-16(20-11-19-15)21-10-12-4-2-1-3-5-12/h1-9,11H,10H2. The molecule has 0 spiro atoms. The monoisotopic (exact) mass is 281 g/mol. The second-order valence-electron chi connectivity index (χ2n) is 4.41. The van der Waals surface area contributed by atoms with Crippen LogP contribution in [-0.4, -0.2) is 15.0 Å². The highest BCUT2D eigenvalue weighted by molar-refractivity contribution is 5.58. The molecule has 3 aromatic rings. The van der Waals surface area contributed by atoms with Crippen LogP contribution in [0.25, 0.3) is 11.3 Å². The van der Waals surface area contributed by atoms with Crippen LogP contribution in [0.3, 0.4) is 0 Å². The molecule has 21 heavy (non-hydrogen) atoms. The van der Waals surface area contributed by atoms with Gasteiger partial charge in [0, 0.05) is 17.8 Å². The zero-order valence-electron chi connectivity index (χ0n) is 11.1. The third-order valence-corrected chi connectivity index (χ3v) is 2.87. The first-order valence-electron chi connectivity index (χ1n) is 6.41. The smallest absolute Gasteiger partial charge is 0.217 e. The summed E-state index contributed by atoms with van der Waals surface area (Å²) in [5, 5.41) is 0. The van der Waals surface area contributed by atoms with Gasteiger partial charge < -0.3 is 4.74 Å². The number of hydrogen-bond acceptors (Lipinski definition) is 4. The molecule has 0 aliphatic rings. The van der Waals surface area contributed by atoms with Crippen molar-refractivity contribution in [2.45, 2.75) is 6.61 Å². The minimum atomic E-state index is -0.405. The lowest BCUT2D eigenvalue weighted by molar-refractivity contribution is 0.293. The van der Waals surface area contributed by atoms with Gasteiger partial charge >= 0.3 is 0 Å². The molecule has 2 heterocycles. The summed E-state index contributed by atoms with van der Waals surface area (Å²) < 4.78 is 18.8. The first-order valence-corrected chi connectivity index (χ1v) is 6.41. The summed E-state index contributed by atoms with van der Waals surface area (Å²) in [6.07, 6.45) is 4.09. The second kappa shape index (κ2) is 6.09. The van der Waals surface area contributed by atoms with Crippen LogP contribution in [0.15, 0.2) is 61.2 Å². The lowest BCUT2D eigenvalue weighted by Crippen LogP contribution is -1.98. The van der Waals surface area contributed by atoms with Crippen LogP contribution in [0, 0.1) is 5.82 Å². The molecule has 0 aliphatic heterocycles. The molecule has 0 fully saturated rings. The summed E-state index contributed by atoms with van der Waals surface area (Å²) in [4.78, 5) is 12.0. The number of aromatic nitrogens is 3. The summed E-state index contributed by atoms with van der Waals surface area (Å²) >= 11 is 0. The van der Waals surface area contributed by atoms with E-state index in [9.17, 15) is 4.39 Å². The average molecular weight is 281 g/mol. The fourth-order valence-electron chi connectivity index (χ4n) is 1.86. The molecule has 0 amide bonds. The Morgan fingerprint density at radius 1 is 1.00 bits per heavy atom. The van der Waals surface area contributed by atoms with Crippen LogP contribution >= 0.6 is 0 Å². The lowest BCUT2D eigenvalue weighted by atomic mass is 10.2. The van der Waals surface area contributed by atoms with Gasteiger partial charge in [-0.05, 0) is 11.6 Å². The molecule has 0 radical (unpaired) electrons. The summed E-state index contributed by atoms with van der Waals surface area (Å²) in [6.45, 7) is 0.415. The van der Waals surface area contributed by atoms with E-state index in [0.717, 1.165) is 11.8 Å². The Labute approximate surface area is 121 Å². The molecule has 104 valence electrons. The van der Waals surface area contributed by atoms with Crippen molar-refractivity contribution in [2.75, 3.05) is 0 Å². The average Bonchev–Trinajstić information content (AvgIpc) is 2.54. The Morgan fingerprint density at radius 3 is 2.67 bits per heavy atom. The molecular formula is C16H12FN3O. The topological polar surface area (TPSA) is 47.9 Å². The van der Waals surface area contributed by atoms with E-state index < -0.39 is 5.82 Å². The van der Waals surface area contributed by atoms with Gasteiger partial charge in [-0.1, -0.05) is 30.3 Å². The minimum absolute atomic E-state index is 0.405. The van der Waals surface area contributed by atoms with E-state index in [0.29, 0.717) is 23.7 Å². The van der Waals surface area contributed by atoms with Crippen molar-refractivity contribution in [2.24, 2.45) is 0 Å². The summed E-state index contributed by atoms with van der Waals surface area (Å²) in [6, 6.07) is 12.8. The van der Waals surface area contributed by atoms with Gasteiger partial charge in [-0.15, -0.1) is 0 Å². The van der Waals surface area contributed by atoms with Crippen LogP contribution in [0.4, 0.5) is 4.39 Å². The molecule has 0 unspecified atom stereocenters. The molecule has 2 aromatic heterocycles. The van der Waals surface area contributed by atoms with Crippen molar-refractivity contribution in [3.63, 3.8) is 0 Å². The van der Waals surface area contributed by atoms with Crippen LogP contribution in [-0.2, 0) is 6.61 Å². The van der Waals surface area contributed by atoms with E-state index in [1.54, 1.807) is 12.3 Å². The number of hydrogen-bond donors (Lipinski definition) is 0. The SMILES string of the molecule is Fc1cncc(-c2cc(OCc3ccccc3)ncn2)c1. The molecular weight excluding hydrogens is 269 g/mol. The lowest BCUT2D eigenvalue weighted by Gasteiger charge is -2.06. The Bertz CT molecular complexity index is 734. The summed E-state index contributed by atoms with van der Waals surface area (Å²) in [7, 11) is 0. The van der Waals surface area contributed by atoms with Gasteiger partial charge in [0.15, 0.2) is 0 Å². The highest BCUT2D eigenvalue weighted by atomic mass is 19.1. The van der Waals surface area contributed by atoms with Crippen molar-refractivity contribution >= 4 is 0 Å². The Kier molecular flexibility index (Phi) is 3.82. The molecule has 1 aromatic carbocycles. The molecule has 5 heteroatoms. The van der Waals surface area contributed by atoms with Gasteiger partial charge in [-0.3, -0.25) is 4.98 Å². The van der Waals surface area contributed by atoms with Crippen LogP contribution in [0.2, 0.25) is 0 Å². The Balaban J connectivity index is 1.77. The summed E-state index contributed by atoms with van der Waals surface area (Å²) in [5.74, 6) is 0.0333. The molecule has 0 aliphatic carbocycles. The number of benzene rings is 1. The van der Waals surface area contributed by atoms with Crippen LogP contribution in [0.1, 0.15) is 5.56 Å². The number of pyridine rings is 1. The van der Waals surface area contributed by atoms with Gasteiger partial charge in [0.2, 0.25) is 5.88 Å². The Hall–Kier alpha value is -2.82. The van der Waals surface area contributed by atoms with Crippen molar-refractivity contribution < 1.29 is 9.13 Å². The predicted octanol–water partition coefficient (Wildman–Crippen LogP) is 3.26. The maximum atomic E-state index is 13.2. The number of rotatable bonds is 4. The van der Waals surface area contributed by atoms with E-state index >= 15 is 0 Å². The second-order valence-corrected chi connectivity index (χ2v) is 4.41. The van der Waals surface area contributed by atoms with E-state index in [1.807, 2.05) is 30.3 Å². The minimum Gasteiger partial charge on any atom is -0.473 e. The number of nitrogens with zero attached hydrogens (tertiary/aromatic N) is 3. The van der Waals surface area contributed by atoms with Gasteiger partial charge in [-0.25, -0.2) is 14.4 Å². The molecule has 4 nitrogen and oxygen atoms in total. The quantitative estimate of drug-likeness (QED) is 0.736. The van der Waals surface area contributed by atoms with E-state index in [4.69, 9.17) is 4.74 Å². The molecule has 0 saturated carbocycles. The third kappa shape index (κ3) is 3.39. The first kappa shape index (κ1) is 13.2. The third-order valence-electron chi connectivity index (χ3n) is 2.87. The van der Waals surface area contributed by atoms with Crippen molar-refractivity contribution in [3.8, 4) is 17.1 Å². The first-order chi connectivity index (χ1) is 10.3. The van der Waals surface area contributed by atoms with Crippen LogP contribution in [0.5, 0.6) is 5.88 Å². The molecule has 0 N–H and O–H groups in total. The Morgan fingerprint density at radius 2 is 1.86 bits per heavy atom. The van der Waals surface area contributed by atoms with E-state index in [1.165, 1.54) is 12.4 Å². The maximum absolute atomic E-state index is 13.2. The predicted molar refractivity (Wildman–Crippen MR) is 76.0 cm³/mol. The molecule has 0 atom stereocenters. The van der Waals surface area contributed by atoms with Gasteiger partial charge in [-0.2, -0.15) is 0 Å². The molecule has 0 bridgehead atoms. The van der Waals surface area contributed by atoms with Crippen molar-refractivity contribution in [1.82, 2.24) is 15.0 Å². The molecule has 0 saturated heterocycles. The largest absolute Gasteiger partial charge is 0.473 e. The fraction of sp³-hybridized carbons (Fsp3) is 0.0625. The maximum Gasteiger partial charge on any atom is 0.217 e. The highest BCUT2D eigenvalue weighted by Crippen LogP contribution is 2.20.